The van der Waals surface area contributed by atoms with E-state index in [1.54, 1.807) is 13.0 Å². The molecule has 1 heterocycles. The van der Waals surface area contributed by atoms with Crippen LogP contribution in [0, 0.1) is 6.92 Å². The number of furan rings is 1. The molecule has 29 heavy (non-hydrogen) atoms. The van der Waals surface area contributed by atoms with Crippen molar-refractivity contribution in [1.29, 1.82) is 0 Å². The van der Waals surface area contributed by atoms with E-state index in [2.05, 4.69) is 5.32 Å². The van der Waals surface area contributed by atoms with Gasteiger partial charge in [-0.15, -0.1) is 0 Å². The van der Waals surface area contributed by atoms with Crippen molar-refractivity contribution in [2.75, 3.05) is 13.2 Å². The minimum absolute atomic E-state index is 0.270. The van der Waals surface area contributed by atoms with Gasteiger partial charge in [-0.05, 0) is 45.0 Å². The van der Waals surface area contributed by atoms with Gasteiger partial charge in [0, 0.05) is 16.5 Å². The van der Waals surface area contributed by atoms with Crippen LogP contribution in [-0.2, 0) is 4.79 Å². The van der Waals surface area contributed by atoms with Gasteiger partial charge in [-0.1, -0.05) is 18.2 Å². The zero-order valence-electron chi connectivity index (χ0n) is 16.5. The Balaban J connectivity index is 1.79. The van der Waals surface area contributed by atoms with Gasteiger partial charge in [0.25, 0.3) is 5.91 Å². The molecule has 3 aromatic rings. The molecule has 7 nitrogen and oxygen atoms in total. The molecule has 0 radical (unpaired) electrons. The van der Waals surface area contributed by atoms with Crippen molar-refractivity contribution in [3.63, 3.8) is 0 Å². The van der Waals surface area contributed by atoms with Gasteiger partial charge in [0.1, 0.15) is 11.3 Å². The van der Waals surface area contributed by atoms with E-state index in [0.29, 0.717) is 23.7 Å². The summed E-state index contributed by atoms with van der Waals surface area (Å²) in [6.45, 7) is 5.47. The smallest absolute Gasteiger partial charge is 0.341 e. The first-order valence-corrected chi connectivity index (χ1v) is 9.31. The lowest BCUT2D eigenvalue weighted by Crippen LogP contribution is -2.26. The molecule has 0 bridgehead atoms. The predicted octanol–water partition coefficient (Wildman–Crippen LogP) is 4.09. The van der Waals surface area contributed by atoms with E-state index < -0.39 is 12.6 Å². The van der Waals surface area contributed by atoms with Crippen LogP contribution < -0.4 is 14.8 Å². The highest BCUT2D eigenvalue weighted by Gasteiger charge is 2.20. The van der Waals surface area contributed by atoms with E-state index >= 15 is 0 Å². The number of aryl methyl sites for hydroxylation is 1. The van der Waals surface area contributed by atoms with Gasteiger partial charge in [0.15, 0.2) is 18.1 Å². The van der Waals surface area contributed by atoms with E-state index in [-0.39, 0.29) is 17.7 Å². The summed E-state index contributed by atoms with van der Waals surface area (Å²) in [7, 11) is 0. The Kier molecular flexibility index (Phi) is 6.07. The molecule has 0 saturated heterocycles. The lowest BCUT2D eigenvalue weighted by atomic mass is 10.1. The zero-order chi connectivity index (χ0) is 21.0. The zero-order valence-corrected chi connectivity index (χ0v) is 16.5. The van der Waals surface area contributed by atoms with Crippen LogP contribution in [0.25, 0.3) is 11.0 Å². The van der Waals surface area contributed by atoms with Gasteiger partial charge in [-0.25, -0.2) is 4.79 Å². The van der Waals surface area contributed by atoms with Gasteiger partial charge in [-0.2, -0.15) is 0 Å². The standard InChI is InChI=1S/C22H23NO6/c1-4-27-19-11-15(9-10-18(19)28-12-20(24)25)22(26)23-14(3)21-13(2)16-7-5-6-8-17(16)29-21/h5-11,14H,4,12H2,1-3H3,(H,23,26)(H,24,25)/t14-/m1/s1. The number of hydrogen-bond donors (Lipinski definition) is 2. The van der Waals surface area contributed by atoms with Crippen LogP contribution in [-0.4, -0.2) is 30.2 Å². The molecule has 0 aliphatic rings. The molecule has 3 rings (SSSR count). The highest BCUT2D eigenvalue weighted by Crippen LogP contribution is 2.31. The number of nitrogens with one attached hydrogen (secondary N) is 1. The second kappa shape index (κ2) is 8.68. The Hall–Kier alpha value is -3.48. The normalized spacial score (nSPS) is 11.8. The summed E-state index contributed by atoms with van der Waals surface area (Å²) in [6, 6.07) is 12.0. The molecular weight excluding hydrogens is 374 g/mol. The molecule has 0 fully saturated rings. The number of aliphatic carboxylic acids is 1. The second-order valence-corrected chi connectivity index (χ2v) is 6.56. The lowest BCUT2D eigenvalue weighted by Gasteiger charge is -2.15. The molecule has 7 heteroatoms. The minimum Gasteiger partial charge on any atom is -0.490 e. The Morgan fingerprint density at radius 3 is 2.59 bits per heavy atom. The largest absolute Gasteiger partial charge is 0.490 e. The Morgan fingerprint density at radius 1 is 1.14 bits per heavy atom. The number of carboxylic acid groups (broad SMARTS) is 1. The topological polar surface area (TPSA) is 98.0 Å². The number of carbonyl (C=O) groups excluding carboxylic acids is 1. The van der Waals surface area contributed by atoms with E-state index in [1.807, 2.05) is 38.1 Å². The van der Waals surface area contributed by atoms with Crippen LogP contribution in [0.4, 0.5) is 0 Å². The maximum absolute atomic E-state index is 12.7. The minimum atomic E-state index is -1.09. The second-order valence-electron chi connectivity index (χ2n) is 6.56. The summed E-state index contributed by atoms with van der Waals surface area (Å²) in [5.41, 5.74) is 2.14. The molecule has 0 aliphatic heterocycles. The Bertz CT molecular complexity index is 1040. The van der Waals surface area contributed by atoms with Crippen molar-refractivity contribution in [1.82, 2.24) is 5.32 Å². The van der Waals surface area contributed by atoms with Crippen molar-refractivity contribution in [2.24, 2.45) is 0 Å². The van der Waals surface area contributed by atoms with Gasteiger partial charge >= 0.3 is 5.97 Å². The highest BCUT2D eigenvalue weighted by molar-refractivity contribution is 5.95. The lowest BCUT2D eigenvalue weighted by molar-refractivity contribution is -0.139. The molecule has 0 spiro atoms. The number of carbonyl (C=O) groups is 2. The summed E-state index contributed by atoms with van der Waals surface area (Å²) in [5.74, 6) is -0.112. The number of hydrogen-bond acceptors (Lipinski definition) is 5. The molecule has 0 aliphatic carbocycles. The fourth-order valence-electron chi connectivity index (χ4n) is 3.13. The first kappa shape index (κ1) is 20.3. The monoisotopic (exact) mass is 397 g/mol. The highest BCUT2D eigenvalue weighted by atomic mass is 16.5. The van der Waals surface area contributed by atoms with Crippen molar-refractivity contribution >= 4 is 22.8 Å². The van der Waals surface area contributed by atoms with Gasteiger partial charge < -0.3 is 24.3 Å². The summed E-state index contributed by atoms with van der Waals surface area (Å²) < 4.78 is 16.6. The molecule has 2 aromatic carbocycles. The van der Waals surface area contributed by atoms with Crippen LogP contribution in [0.1, 0.15) is 41.6 Å². The summed E-state index contributed by atoms with van der Waals surface area (Å²) in [5, 5.41) is 12.7. The van der Waals surface area contributed by atoms with E-state index in [0.717, 1.165) is 16.5 Å². The van der Waals surface area contributed by atoms with Gasteiger partial charge in [-0.3, -0.25) is 4.79 Å². The van der Waals surface area contributed by atoms with Gasteiger partial charge in [0.05, 0.1) is 12.6 Å². The number of fused-ring (bicyclic) bond motifs is 1. The average Bonchev–Trinajstić information content (AvgIpc) is 3.04. The predicted molar refractivity (Wildman–Crippen MR) is 108 cm³/mol. The SMILES string of the molecule is CCOc1cc(C(=O)N[C@H](C)c2oc3ccccc3c2C)ccc1OCC(=O)O. The average molecular weight is 397 g/mol. The molecule has 1 atom stereocenters. The van der Waals surface area contributed by atoms with Crippen molar-refractivity contribution < 1.29 is 28.6 Å². The Morgan fingerprint density at radius 2 is 1.90 bits per heavy atom. The number of rotatable bonds is 8. The molecule has 2 N–H and O–H groups in total. The summed E-state index contributed by atoms with van der Waals surface area (Å²) in [4.78, 5) is 23.5. The summed E-state index contributed by atoms with van der Waals surface area (Å²) in [6.07, 6.45) is 0. The third kappa shape index (κ3) is 4.51. The quantitative estimate of drug-likeness (QED) is 0.594. The maximum atomic E-state index is 12.7. The van der Waals surface area contributed by atoms with E-state index in [9.17, 15) is 9.59 Å². The van der Waals surface area contributed by atoms with Crippen molar-refractivity contribution in [3.05, 3.63) is 59.4 Å². The maximum Gasteiger partial charge on any atom is 0.341 e. The number of amides is 1. The van der Waals surface area contributed by atoms with E-state index in [4.69, 9.17) is 19.0 Å². The molecular formula is C22H23NO6. The third-order valence-corrected chi connectivity index (χ3v) is 4.48. The number of para-hydroxylation sites is 1. The molecule has 1 amide bonds. The van der Waals surface area contributed by atoms with Crippen LogP contribution in [0.2, 0.25) is 0 Å². The first-order valence-electron chi connectivity index (χ1n) is 9.31. The van der Waals surface area contributed by atoms with Crippen molar-refractivity contribution in [2.45, 2.75) is 26.8 Å². The van der Waals surface area contributed by atoms with Crippen LogP contribution in [0.5, 0.6) is 11.5 Å². The molecule has 0 saturated carbocycles. The fourth-order valence-corrected chi connectivity index (χ4v) is 3.13. The first-order chi connectivity index (χ1) is 13.9. The number of ether oxygens (including phenoxy) is 2. The number of carboxylic acids is 1. The Labute approximate surface area is 168 Å². The van der Waals surface area contributed by atoms with Gasteiger partial charge in [0.2, 0.25) is 0 Å². The van der Waals surface area contributed by atoms with Crippen LogP contribution in [0.3, 0.4) is 0 Å². The fraction of sp³-hybridized carbons (Fsp3) is 0.273. The molecule has 0 unspecified atom stereocenters. The molecule has 1 aromatic heterocycles. The van der Waals surface area contributed by atoms with Crippen LogP contribution in [0.15, 0.2) is 46.9 Å². The number of benzene rings is 2. The van der Waals surface area contributed by atoms with Crippen molar-refractivity contribution in [3.8, 4) is 11.5 Å². The van der Waals surface area contributed by atoms with E-state index in [1.165, 1.54) is 12.1 Å². The van der Waals surface area contributed by atoms with Crippen LogP contribution >= 0.6 is 0 Å². The summed E-state index contributed by atoms with van der Waals surface area (Å²) >= 11 is 0. The molecule has 152 valence electrons. The third-order valence-electron chi connectivity index (χ3n) is 4.48.